The van der Waals surface area contributed by atoms with Crippen molar-refractivity contribution < 1.29 is 4.42 Å². The third-order valence-corrected chi connectivity index (χ3v) is 7.01. The molecule has 10 heteroatoms. The van der Waals surface area contributed by atoms with Crippen LogP contribution >= 0.6 is 35.0 Å². The molecule has 162 valence electrons. The number of anilines is 1. The summed E-state index contributed by atoms with van der Waals surface area (Å²) < 4.78 is 9.59. The first-order valence-corrected chi connectivity index (χ1v) is 12.0. The van der Waals surface area contributed by atoms with Crippen LogP contribution in [0.4, 0.5) is 5.95 Å². The summed E-state index contributed by atoms with van der Waals surface area (Å²) in [6, 6.07) is 5.58. The number of aromatic nitrogens is 5. The lowest BCUT2D eigenvalue weighted by Gasteiger charge is -2.31. The molecule has 5 heterocycles. The van der Waals surface area contributed by atoms with E-state index in [1.807, 2.05) is 22.7 Å². The number of pyridine rings is 1. The molecule has 0 aromatic carbocycles. The molecule has 1 saturated heterocycles. The van der Waals surface area contributed by atoms with Gasteiger partial charge in [0.1, 0.15) is 5.76 Å². The van der Waals surface area contributed by atoms with E-state index in [1.165, 1.54) is 12.8 Å². The number of furan rings is 1. The van der Waals surface area contributed by atoms with Crippen LogP contribution in [0.2, 0.25) is 10.0 Å². The lowest BCUT2D eigenvalue weighted by Crippen LogP contribution is -2.35. The molecule has 0 saturated carbocycles. The highest BCUT2D eigenvalue weighted by Crippen LogP contribution is 2.29. The Labute approximate surface area is 194 Å². The van der Waals surface area contributed by atoms with E-state index in [-0.39, 0.29) is 0 Å². The van der Waals surface area contributed by atoms with Crippen LogP contribution in [0.3, 0.4) is 0 Å². The van der Waals surface area contributed by atoms with E-state index < -0.39 is 0 Å². The zero-order valence-corrected chi connectivity index (χ0v) is 19.4. The van der Waals surface area contributed by atoms with E-state index >= 15 is 0 Å². The largest absolute Gasteiger partial charge is 0.467 e. The zero-order valence-electron chi connectivity index (χ0n) is 17.0. The number of hydrogen-bond donors (Lipinski definition) is 0. The van der Waals surface area contributed by atoms with E-state index in [4.69, 9.17) is 27.6 Å². The minimum atomic E-state index is 0.534. The predicted molar refractivity (Wildman–Crippen MR) is 123 cm³/mol. The molecule has 7 nitrogen and oxygen atoms in total. The fraction of sp³-hybridized carbons (Fsp3) is 0.381. The molecule has 0 atom stereocenters. The van der Waals surface area contributed by atoms with Crippen LogP contribution in [-0.4, -0.2) is 37.2 Å². The van der Waals surface area contributed by atoms with Crippen LogP contribution in [-0.2, 0) is 12.3 Å². The van der Waals surface area contributed by atoms with E-state index in [2.05, 4.69) is 31.6 Å². The topological polar surface area (TPSA) is 64.4 Å². The van der Waals surface area contributed by atoms with Crippen molar-refractivity contribution in [3.05, 3.63) is 58.4 Å². The SMILES string of the molecule is CC1CCN(c2nnc(SCc3cn4cc(Cl)cc(Cl)c4n3)n2Cc2ccco2)CC1. The van der Waals surface area contributed by atoms with Crippen LogP contribution in [0.5, 0.6) is 0 Å². The minimum Gasteiger partial charge on any atom is -0.467 e. The van der Waals surface area contributed by atoms with E-state index in [0.717, 1.165) is 41.6 Å². The summed E-state index contributed by atoms with van der Waals surface area (Å²) in [5, 5.41) is 11.0. The second-order valence-corrected chi connectivity index (χ2v) is 9.66. The van der Waals surface area contributed by atoms with Gasteiger partial charge in [0.2, 0.25) is 5.95 Å². The molecule has 4 aromatic rings. The smallest absolute Gasteiger partial charge is 0.228 e. The molecule has 0 spiro atoms. The van der Waals surface area contributed by atoms with Gasteiger partial charge in [-0.2, -0.15) is 0 Å². The monoisotopic (exact) mass is 476 g/mol. The average molecular weight is 477 g/mol. The molecule has 0 N–H and O–H groups in total. The van der Waals surface area contributed by atoms with Crippen LogP contribution < -0.4 is 4.90 Å². The summed E-state index contributed by atoms with van der Waals surface area (Å²) in [6.45, 7) is 4.89. The molecule has 5 rings (SSSR count). The molecule has 0 aliphatic carbocycles. The molecule has 0 unspecified atom stereocenters. The summed E-state index contributed by atoms with van der Waals surface area (Å²) in [6.07, 6.45) is 7.78. The average Bonchev–Trinajstić information content (AvgIpc) is 3.48. The molecule has 1 aliphatic heterocycles. The lowest BCUT2D eigenvalue weighted by molar-refractivity contribution is 0.427. The van der Waals surface area contributed by atoms with Crippen molar-refractivity contribution in [2.75, 3.05) is 18.0 Å². The van der Waals surface area contributed by atoms with Crippen molar-refractivity contribution in [3.8, 4) is 0 Å². The minimum absolute atomic E-state index is 0.534. The Morgan fingerprint density at radius 1 is 1.19 bits per heavy atom. The lowest BCUT2D eigenvalue weighted by atomic mass is 10.00. The highest BCUT2D eigenvalue weighted by atomic mass is 35.5. The van der Waals surface area contributed by atoms with E-state index in [1.54, 1.807) is 30.3 Å². The summed E-state index contributed by atoms with van der Waals surface area (Å²) in [4.78, 5) is 6.97. The normalized spacial score (nSPS) is 15.3. The van der Waals surface area contributed by atoms with Crippen molar-refractivity contribution in [3.63, 3.8) is 0 Å². The maximum atomic E-state index is 6.28. The van der Waals surface area contributed by atoms with Crippen LogP contribution in [0.25, 0.3) is 5.65 Å². The fourth-order valence-corrected chi connectivity index (χ4v) is 5.15. The van der Waals surface area contributed by atoms with Crippen molar-refractivity contribution in [2.24, 2.45) is 5.92 Å². The molecule has 31 heavy (non-hydrogen) atoms. The predicted octanol–water partition coefficient (Wildman–Crippen LogP) is 5.40. The molecule has 1 fully saturated rings. The first-order chi connectivity index (χ1) is 15.1. The molecule has 0 radical (unpaired) electrons. The summed E-state index contributed by atoms with van der Waals surface area (Å²) in [5.74, 6) is 3.17. The van der Waals surface area contributed by atoms with Crippen molar-refractivity contribution in [1.82, 2.24) is 24.1 Å². The Morgan fingerprint density at radius 2 is 2.03 bits per heavy atom. The maximum Gasteiger partial charge on any atom is 0.228 e. The molecule has 1 aliphatic rings. The Kier molecular flexibility index (Phi) is 5.86. The van der Waals surface area contributed by atoms with Crippen LogP contribution in [0, 0.1) is 5.92 Å². The van der Waals surface area contributed by atoms with Gasteiger partial charge in [-0.05, 0) is 37.0 Å². The Morgan fingerprint density at radius 3 is 2.81 bits per heavy atom. The number of piperidine rings is 1. The first-order valence-electron chi connectivity index (χ1n) is 10.2. The number of halogens is 2. The van der Waals surface area contributed by atoms with E-state index in [9.17, 15) is 0 Å². The third-order valence-electron chi connectivity index (χ3n) is 5.53. The van der Waals surface area contributed by atoms with Gasteiger partial charge in [0.25, 0.3) is 0 Å². The fourth-order valence-electron chi connectivity index (χ4n) is 3.81. The van der Waals surface area contributed by atoms with Gasteiger partial charge in [-0.25, -0.2) is 4.98 Å². The van der Waals surface area contributed by atoms with Gasteiger partial charge in [-0.1, -0.05) is 41.9 Å². The van der Waals surface area contributed by atoms with Gasteiger partial charge >= 0.3 is 0 Å². The van der Waals surface area contributed by atoms with Gasteiger partial charge in [0, 0.05) is 31.2 Å². The Balaban J connectivity index is 1.40. The second kappa shape index (κ2) is 8.76. The summed E-state index contributed by atoms with van der Waals surface area (Å²) in [5.41, 5.74) is 1.59. The zero-order chi connectivity index (χ0) is 21.4. The number of fused-ring (bicyclic) bond motifs is 1. The Bertz CT molecular complexity index is 1180. The Hall–Kier alpha value is -2.16. The highest BCUT2D eigenvalue weighted by molar-refractivity contribution is 7.98. The van der Waals surface area contributed by atoms with Crippen LogP contribution in [0.15, 0.2) is 46.4 Å². The first kappa shape index (κ1) is 20.7. The molecule has 0 amide bonds. The highest BCUT2D eigenvalue weighted by Gasteiger charge is 2.23. The van der Waals surface area contributed by atoms with Crippen molar-refractivity contribution in [1.29, 1.82) is 0 Å². The van der Waals surface area contributed by atoms with Gasteiger partial charge in [-0.3, -0.25) is 4.57 Å². The number of imidazole rings is 1. The van der Waals surface area contributed by atoms with Crippen molar-refractivity contribution >= 4 is 46.6 Å². The molecule has 4 aromatic heterocycles. The van der Waals surface area contributed by atoms with Gasteiger partial charge in [0.15, 0.2) is 10.8 Å². The van der Waals surface area contributed by atoms with Crippen LogP contribution in [0.1, 0.15) is 31.2 Å². The molecular formula is C21H22Cl2N6OS. The van der Waals surface area contributed by atoms with Crippen molar-refractivity contribution in [2.45, 2.75) is 37.2 Å². The summed E-state index contributed by atoms with van der Waals surface area (Å²) in [7, 11) is 0. The number of thioether (sulfide) groups is 1. The van der Waals surface area contributed by atoms with E-state index in [0.29, 0.717) is 28.0 Å². The standard InChI is InChI=1S/C21H22Cl2N6OS/c1-14-4-6-27(7-5-14)20-25-26-21(29(20)12-17-3-2-8-30-17)31-13-16-11-28-10-15(22)9-18(23)19(28)24-16/h2-3,8-11,14H,4-7,12-13H2,1H3. The second-order valence-electron chi connectivity index (χ2n) is 7.88. The quantitative estimate of drug-likeness (QED) is 0.347. The number of nitrogens with zero attached hydrogens (tertiary/aromatic N) is 6. The third kappa shape index (κ3) is 4.42. The van der Waals surface area contributed by atoms with Gasteiger partial charge < -0.3 is 13.7 Å². The number of rotatable bonds is 6. The molecule has 0 bridgehead atoms. The van der Waals surface area contributed by atoms with Gasteiger partial charge in [-0.15, -0.1) is 10.2 Å². The number of hydrogen-bond acceptors (Lipinski definition) is 6. The summed E-state index contributed by atoms with van der Waals surface area (Å²) >= 11 is 14.0. The maximum absolute atomic E-state index is 6.28. The molecular weight excluding hydrogens is 455 g/mol. The van der Waals surface area contributed by atoms with Gasteiger partial charge in [0.05, 0.1) is 28.5 Å².